The zero-order valence-corrected chi connectivity index (χ0v) is 14.8. The van der Waals surface area contributed by atoms with Crippen molar-refractivity contribution in [2.24, 2.45) is 0 Å². The number of aryl methyl sites for hydroxylation is 1. The molecule has 0 saturated heterocycles. The van der Waals surface area contributed by atoms with Gasteiger partial charge in [0.15, 0.2) is 11.3 Å². The van der Waals surface area contributed by atoms with E-state index in [1.807, 2.05) is 0 Å². The number of pyridine rings is 1. The van der Waals surface area contributed by atoms with Gasteiger partial charge >= 0.3 is 6.18 Å². The minimum absolute atomic E-state index is 0.112. The highest BCUT2D eigenvalue weighted by molar-refractivity contribution is 6.31. The van der Waals surface area contributed by atoms with Crippen molar-refractivity contribution in [2.75, 3.05) is 0 Å². The maximum Gasteiger partial charge on any atom is 0.433 e. The topological polar surface area (TPSA) is 43.1 Å². The molecule has 0 amide bonds. The molecule has 0 fully saturated rings. The third kappa shape index (κ3) is 3.14. The predicted molar refractivity (Wildman–Crippen MR) is 96.4 cm³/mol. The van der Waals surface area contributed by atoms with Crippen molar-refractivity contribution in [3.63, 3.8) is 0 Å². The van der Waals surface area contributed by atoms with Crippen LogP contribution in [0.1, 0.15) is 11.3 Å². The Labute approximate surface area is 157 Å². The van der Waals surface area contributed by atoms with Crippen LogP contribution in [0.5, 0.6) is 0 Å². The number of aromatic nitrogens is 4. The minimum atomic E-state index is -4.59. The van der Waals surface area contributed by atoms with Crippen molar-refractivity contribution in [3.8, 4) is 22.4 Å². The van der Waals surface area contributed by atoms with Crippen LogP contribution in [-0.4, -0.2) is 19.6 Å². The molecule has 0 saturated carbocycles. The average Bonchev–Trinajstić information content (AvgIpc) is 3.07. The maximum atomic E-state index is 13.6. The van der Waals surface area contributed by atoms with Gasteiger partial charge in [-0.15, -0.1) is 0 Å². The van der Waals surface area contributed by atoms with Crippen LogP contribution >= 0.6 is 11.6 Å². The molecule has 0 spiro atoms. The number of nitrogens with zero attached hydrogens (tertiary/aromatic N) is 4. The number of hydrogen-bond acceptors (Lipinski definition) is 3. The Morgan fingerprint density at radius 3 is 2.52 bits per heavy atom. The minimum Gasteiger partial charge on any atom is -0.264 e. The molecule has 4 nitrogen and oxygen atoms in total. The Morgan fingerprint density at radius 2 is 1.85 bits per heavy atom. The third-order valence-corrected chi connectivity index (χ3v) is 4.61. The molecule has 0 bridgehead atoms. The highest BCUT2D eigenvalue weighted by Crippen LogP contribution is 2.35. The molecule has 4 rings (SSSR count). The number of halogens is 4. The molecule has 136 valence electrons. The van der Waals surface area contributed by atoms with E-state index in [9.17, 15) is 13.2 Å². The standard InChI is InChI=1S/C19H12ClF3N4/c1-11-7-12(4-5-15(11)20)16-8-17(19(21,22)23)27-18(26-16)14(10-25-27)13-3-2-6-24-9-13/h2-10H,1H3. The second-order valence-corrected chi connectivity index (χ2v) is 6.43. The highest BCUT2D eigenvalue weighted by Gasteiger charge is 2.35. The normalized spacial score (nSPS) is 11.9. The number of fused-ring (bicyclic) bond motifs is 1. The summed E-state index contributed by atoms with van der Waals surface area (Å²) in [4.78, 5) is 8.48. The van der Waals surface area contributed by atoms with E-state index in [0.29, 0.717) is 21.7 Å². The summed E-state index contributed by atoms with van der Waals surface area (Å²) in [5, 5.41) is 4.45. The van der Waals surface area contributed by atoms with Crippen molar-refractivity contribution in [1.82, 2.24) is 19.6 Å². The van der Waals surface area contributed by atoms with E-state index in [1.165, 1.54) is 6.20 Å². The van der Waals surface area contributed by atoms with Crippen LogP contribution in [0.3, 0.4) is 0 Å². The van der Waals surface area contributed by atoms with Crippen molar-refractivity contribution >= 4 is 17.2 Å². The molecule has 0 aliphatic heterocycles. The summed E-state index contributed by atoms with van der Waals surface area (Å²) in [6.45, 7) is 1.79. The SMILES string of the molecule is Cc1cc(-c2cc(C(F)(F)F)n3ncc(-c4cccnc4)c3n2)ccc1Cl. The van der Waals surface area contributed by atoms with E-state index >= 15 is 0 Å². The van der Waals surface area contributed by atoms with Gasteiger partial charge in [0, 0.05) is 34.1 Å². The van der Waals surface area contributed by atoms with E-state index in [1.54, 1.807) is 49.6 Å². The van der Waals surface area contributed by atoms with Gasteiger partial charge in [-0.3, -0.25) is 4.98 Å². The lowest BCUT2D eigenvalue weighted by Crippen LogP contribution is -2.13. The molecule has 1 aromatic carbocycles. The fourth-order valence-electron chi connectivity index (χ4n) is 2.84. The van der Waals surface area contributed by atoms with Gasteiger partial charge in [-0.1, -0.05) is 23.7 Å². The van der Waals surface area contributed by atoms with E-state index in [2.05, 4.69) is 15.1 Å². The molecule has 0 radical (unpaired) electrons. The molecule has 3 heterocycles. The number of rotatable bonds is 2. The first-order valence-corrected chi connectivity index (χ1v) is 8.35. The summed E-state index contributed by atoms with van der Waals surface area (Å²) in [6.07, 6.45) is -0.0716. The molecule has 27 heavy (non-hydrogen) atoms. The second-order valence-electron chi connectivity index (χ2n) is 6.02. The van der Waals surface area contributed by atoms with Crippen LogP contribution in [0.2, 0.25) is 5.02 Å². The van der Waals surface area contributed by atoms with Crippen LogP contribution < -0.4 is 0 Å². The summed E-state index contributed by atoms with van der Waals surface area (Å²) in [5.74, 6) is 0. The van der Waals surface area contributed by atoms with E-state index in [0.717, 1.165) is 16.1 Å². The summed E-state index contributed by atoms with van der Waals surface area (Å²) in [5.41, 5.74) is 1.82. The van der Waals surface area contributed by atoms with E-state index in [-0.39, 0.29) is 11.3 Å². The molecular weight excluding hydrogens is 377 g/mol. The Hall–Kier alpha value is -2.93. The first-order chi connectivity index (χ1) is 12.8. The van der Waals surface area contributed by atoms with Crippen LogP contribution in [0, 0.1) is 6.92 Å². The van der Waals surface area contributed by atoms with Gasteiger partial charge in [-0.2, -0.15) is 18.3 Å². The Morgan fingerprint density at radius 1 is 1.04 bits per heavy atom. The summed E-state index contributed by atoms with van der Waals surface area (Å²) >= 11 is 6.03. The molecule has 0 atom stereocenters. The zero-order valence-electron chi connectivity index (χ0n) is 14.0. The highest BCUT2D eigenvalue weighted by atomic mass is 35.5. The van der Waals surface area contributed by atoms with Gasteiger partial charge in [0.05, 0.1) is 11.9 Å². The third-order valence-electron chi connectivity index (χ3n) is 4.19. The zero-order chi connectivity index (χ0) is 19.2. The molecule has 0 aliphatic rings. The maximum absolute atomic E-state index is 13.6. The Kier molecular flexibility index (Phi) is 4.11. The van der Waals surface area contributed by atoms with Crippen molar-refractivity contribution in [2.45, 2.75) is 13.1 Å². The van der Waals surface area contributed by atoms with Crippen molar-refractivity contribution in [3.05, 3.63) is 71.3 Å². The smallest absolute Gasteiger partial charge is 0.264 e. The predicted octanol–water partition coefficient (Wildman–Crippen LogP) is 5.44. The summed E-state index contributed by atoms with van der Waals surface area (Å²) < 4.78 is 41.8. The van der Waals surface area contributed by atoms with Crippen LogP contribution in [0.4, 0.5) is 13.2 Å². The first-order valence-electron chi connectivity index (χ1n) is 7.97. The summed E-state index contributed by atoms with van der Waals surface area (Å²) in [7, 11) is 0. The molecular formula is C19H12ClF3N4. The molecule has 8 heteroatoms. The van der Waals surface area contributed by atoms with E-state index in [4.69, 9.17) is 11.6 Å². The number of benzene rings is 1. The lowest BCUT2D eigenvalue weighted by atomic mass is 10.1. The molecule has 0 N–H and O–H groups in total. The van der Waals surface area contributed by atoms with Gasteiger partial charge in [0.25, 0.3) is 0 Å². The van der Waals surface area contributed by atoms with Gasteiger partial charge in [0.1, 0.15) is 0 Å². The van der Waals surface area contributed by atoms with Gasteiger partial charge in [0.2, 0.25) is 0 Å². The number of alkyl halides is 3. The second kappa shape index (κ2) is 6.35. The Bertz CT molecular complexity index is 1140. The van der Waals surface area contributed by atoms with Gasteiger partial charge in [-0.25, -0.2) is 9.50 Å². The fraction of sp³-hybridized carbons (Fsp3) is 0.105. The van der Waals surface area contributed by atoms with Crippen LogP contribution in [0.25, 0.3) is 28.0 Å². The van der Waals surface area contributed by atoms with Crippen molar-refractivity contribution < 1.29 is 13.2 Å². The fourth-order valence-corrected chi connectivity index (χ4v) is 2.96. The average molecular weight is 389 g/mol. The van der Waals surface area contributed by atoms with Crippen LogP contribution in [0.15, 0.2) is 55.0 Å². The molecule has 4 aromatic rings. The molecule has 0 aliphatic carbocycles. The Balaban J connectivity index is 2.01. The monoisotopic (exact) mass is 388 g/mol. The lowest BCUT2D eigenvalue weighted by molar-refractivity contribution is -0.142. The van der Waals surface area contributed by atoms with Gasteiger partial charge in [-0.05, 0) is 36.8 Å². The van der Waals surface area contributed by atoms with E-state index < -0.39 is 11.9 Å². The first kappa shape index (κ1) is 17.5. The lowest BCUT2D eigenvalue weighted by Gasteiger charge is -2.12. The molecule has 0 unspecified atom stereocenters. The van der Waals surface area contributed by atoms with Crippen LogP contribution in [-0.2, 0) is 6.18 Å². The quantitative estimate of drug-likeness (QED) is 0.459. The number of hydrogen-bond donors (Lipinski definition) is 0. The van der Waals surface area contributed by atoms with Gasteiger partial charge < -0.3 is 0 Å². The molecule has 3 aromatic heterocycles. The van der Waals surface area contributed by atoms with Crippen molar-refractivity contribution in [1.29, 1.82) is 0 Å². The summed E-state index contributed by atoms with van der Waals surface area (Å²) in [6, 6.07) is 9.45. The largest absolute Gasteiger partial charge is 0.433 e.